The third-order valence-electron chi connectivity index (χ3n) is 2.98. The molecule has 0 bridgehead atoms. The van der Waals surface area contributed by atoms with Gasteiger partial charge in [0.2, 0.25) is 0 Å². The predicted octanol–water partition coefficient (Wildman–Crippen LogP) is 1.26. The van der Waals surface area contributed by atoms with Crippen LogP contribution in [0.25, 0.3) is 0 Å². The van der Waals surface area contributed by atoms with Gasteiger partial charge in [-0.05, 0) is 25.5 Å². The lowest BCUT2D eigenvalue weighted by Crippen LogP contribution is -2.57. The highest BCUT2D eigenvalue weighted by molar-refractivity contribution is 8.00. The zero-order chi connectivity index (χ0) is 11.3. The SMILES string of the molecule is CCSC1CCC1(O)CNC(C)COC. The Balaban J connectivity index is 2.24. The molecule has 0 amide bonds. The first kappa shape index (κ1) is 13.3. The lowest BCUT2D eigenvalue weighted by molar-refractivity contribution is -0.0265. The molecule has 2 N–H and O–H groups in total. The molecule has 3 atom stereocenters. The predicted molar refractivity (Wildman–Crippen MR) is 65.4 cm³/mol. The van der Waals surface area contributed by atoms with E-state index in [0.29, 0.717) is 24.4 Å². The molecule has 1 aliphatic carbocycles. The maximum Gasteiger partial charge on any atom is 0.0889 e. The Morgan fingerprint density at radius 1 is 1.67 bits per heavy atom. The lowest BCUT2D eigenvalue weighted by Gasteiger charge is -2.45. The number of ether oxygens (including phenoxy) is 1. The van der Waals surface area contributed by atoms with E-state index in [1.165, 1.54) is 0 Å². The van der Waals surface area contributed by atoms with E-state index in [-0.39, 0.29) is 0 Å². The monoisotopic (exact) mass is 233 g/mol. The van der Waals surface area contributed by atoms with Crippen LogP contribution in [0.4, 0.5) is 0 Å². The number of hydrogen-bond donors (Lipinski definition) is 2. The van der Waals surface area contributed by atoms with Gasteiger partial charge in [0.15, 0.2) is 0 Å². The first-order valence-electron chi connectivity index (χ1n) is 5.68. The molecule has 0 aromatic heterocycles. The number of aliphatic hydroxyl groups is 1. The van der Waals surface area contributed by atoms with Gasteiger partial charge in [-0.2, -0.15) is 11.8 Å². The molecule has 90 valence electrons. The van der Waals surface area contributed by atoms with Crippen LogP contribution in [0.2, 0.25) is 0 Å². The van der Waals surface area contributed by atoms with Crippen molar-refractivity contribution in [2.45, 2.75) is 43.6 Å². The Bertz CT molecular complexity index is 191. The molecule has 15 heavy (non-hydrogen) atoms. The summed E-state index contributed by atoms with van der Waals surface area (Å²) in [4.78, 5) is 0. The van der Waals surface area contributed by atoms with E-state index >= 15 is 0 Å². The standard InChI is InChI=1S/C11H23NO2S/c1-4-15-10-5-6-11(10,13)8-12-9(2)7-14-3/h9-10,12-13H,4-8H2,1-3H3. The van der Waals surface area contributed by atoms with E-state index in [4.69, 9.17) is 4.74 Å². The van der Waals surface area contributed by atoms with Crippen molar-refractivity contribution in [1.29, 1.82) is 0 Å². The van der Waals surface area contributed by atoms with Crippen molar-refractivity contribution in [2.75, 3.05) is 26.0 Å². The maximum atomic E-state index is 10.3. The third-order valence-corrected chi connectivity index (χ3v) is 4.39. The molecular formula is C11H23NO2S. The summed E-state index contributed by atoms with van der Waals surface area (Å²) in [6.45, 7) is 5.61. The molecule has 1 saturated carbocycles. The quantitative estimate of drug-likeness (QED) is 0.694. The first-order chi connectivity index (χ1) is 7.12. The van der Waals surface area contributed by atoms with Crippen molar-refractivity contribution in [1.82, 2.24) is 5.32 Å². The van der Waals surface area contributed by atoms with Crippen molar-refractivity contribution in [3.63, 3.8) is 0 Å². The molecule has 0 aliphatic heterocycles. The van der Waals surface area contributed by atoms with E-state index in [2.05, 4.69) is 19.2 Å². The normalized spacial score (nSPS) is 32.4. The molecular weight excluding hydrogens is 210 g/mol. The summed E-state index contributed by atoms with van der Waals surface area (Å²) in [5.74, 6) is 1.08. The van der Waals surface area contributed by atoms with Crippen LogP contribution in [0, 0.1) is 0 Å². The number of methoxy groups -OCH3 is 1. The van der Waals surface area contributed by atoms with E-state index in [1.54, 1.807) is 7.11 Å². The lowest BCUT2D eigenvalue weighted by atomic mass is 9.79. The van der Waals surface area contributed by atoms with Crippen LogP contribution >= 0.6 is 11.8 Å². The molecule has 0 heterocycles. The second-order valence-corrected chi connectivity index (χ2v) is 5.80. The van der Waals surface area contributed by atoms with Crippen molar-refractivity contribution < 1.29 is 9.84 Å². The molecule has 0 saturated heterocycles. The average molecular weight is 233 g/mol. The Labute approximate surface area is 97.0 Å². The fraction of sp³-hybridized carbons (Fsp3) is 1.00. The fourth-order valence-electron chi connectivity index (χ4n) is 1.90. The molecule has 0 spiro atoms. The van der Waals surface area contributed by atoms with Gasteiger partial charge in [-0.25, -0.2) is 0 Å². The summed E-state index contributed by atoms with van der Waals surface area (Å²) in [6.07, 6.45) is 2.08. The van der Waals surface area contributed by atoms with Gasteiger partial charge in [0.25, 0.3) is 0 Å². The number of thioether (sulfide) groups is 1. The van der Waals surface area contributed by atoms with Crippen LogP contribution in [0.15, 0.2) is 0 Å². The van der Waals surface area contributed by atoms with Crippen LogP contribution in [-0.2, 0) is 4.74 Å². The highest BCUT2D eigenvalue weighted by Crippen LogP contribution is 2.40. The van der Waals surface area contributed by atoms with Crippen LogP contribution in [0.5, 0.6) is 0 Å². The molecule has 0 radical (unpaired) electrons. The Kier molecular flexibility index (Phi) is 5.39. The van der Waals surface area contributed by atoms with Crippen LogP contribution < -0.4 is 5.32 Å². The second kappa shape index (κ2) is 6.09. The summed E-state index contributed by atoms with van der Waals surface area (Å²) < 4.78 is 5.05. The average Bonchev–Trinajstić information content (AvgIpc) is 2.21. The van der Waals surface area contributed by atoms with E-state index in [1.807, 2.05) is 11.8 Å². The number of rotatable bonds is 7. The molecule has 1 fully saturated rings. The van der Waals surface area contributed by atoms with Crippen molar-refractivity contribution in [3.8, 4) is 0 Å². The van der Waals surface area contributed by atoms with E-state index in [9.17, 15) is 5.11 Å². The molecule has 0 aromatic rings. The smallest absolute Gasteiger partial charge is 0.0889 e. The van der Waals surface area contributed by atoms with E-state index in [0.717, 1.165) is 18.6 Å². The highest BCUT2D eigenvalue weighted by atomic mass is 32.2. The minimum atomic E-state index is -0.483. The molecule has 1 aliphatic rings. The van der Waals surface area contributed by atoms with Gasteiger partial charge in [0.1, 0.15) is 0 Å². The summed E-state index contributed by atoms with van der Waals surface area (Å²) in [5, 5.41) is 14.0. The van der Waals surface area contributed by atoms with E-state index < -0.39 is 5.60 Å². The highest BCUT2D eigenvalue weighted by Gasteiger charge is 2.44. The van der Waals surface area contributed by atoms with Gasteiger partial charge in [0.05, 0.1) is 12.2 Å². The molecule has 1 rings (SSSR count). The van der Waals surface area contributed by atoms with Crippen molar-refractivity contribution >= 4 is 11.8 Å². The number of nitrogens with one attached hydrogen (secondary N) is 1. The Hall–Kier alpha value is 0.230. The van der Waals surface area contributed by atoms with Crippen LogP contribution in [0.1, 0.15) is 26.7 Å². The maximum absolute atomic E-state index is 10.3. The summed E-state index contributed by atoms with van der Waals surface area (Å²) in [7, 11) is 1.70. The van der Waals surface area contributed by atoms with Gasteiger partial charge in [0, 0.05) is 24.9 Å². The van der Waals surface area contributed by atoms with Gasteiger partial charge in [-0.1, -0.05) is 6.92 Å². The van der Waals surface area contributed by atoms with Crippen LogP contribution in [0.3, 0.4) is 0 Å². The fourth-order valence-corrected chi connectivity index (χ4v) is 3.10. The van der Waals surface area contributed by atoms with Crippen molar-refractivity contribution in [2.24, 2.45) is 0 Å². The largest absolute Gasteiger partial charge is 0.387 e. The molecule has 4 heteroatoms. The zero-order valence-corrected chi connectivity index (χ0v) is 10.8. The van der Waals surface area contributed by atoms with Gasteiger partial charge in [-0.15, -0.1) is 0 Å². The molecule has 0 aromatic carbocycles. The molecule has 3 unspecified atom stereocenters. The third kappa shape index (κ3) is 3.63. The summed E-state index contributed by atoms with van der Waals surface area (Å²) in [5.41, 5.74) is -0.483. The van der Waals surface area contributed by atoms with Crippen molar-refractivity contribution in [3.05, 3.63) is 0 Å². The zero-order valence-electron chi connectivity index (χ0n) is 9.95. The van der Waals surface area contributed by atoms with Crippen LogP contribution in [-0.4, -0.2) is 48.0 Å². The topological polar surface area (TPSA) is 41.5 Å². The minimum Gasteiger partial charge on any atom is -0.387 e. The summed E-state index contributed by atoms with van der Waals surface area (Å²) in [6, 6.07) is 0.312. The number of hydrogen-bond acceptors (Lipinski definition) is 4. The minimum absolute atomic E-state index is 0.312. The van der Waals surface area contributed by atoms with Gasteiger partial charge in [-0.3, -0.25) is 0 Å². The first-order valence-corrected chi connectivity index (χ1v) is 6.73. The Morgan fingerprint density at radius 2 is 2.40 bits per heavy atom. The second-order valence-electron chi connectivity index (χ2n) is 4.32. The van der Waals surface area contributed by atoms with Gasteiger partial charge >= 0.3 is 0 Å². The molecule has 3 nitrogen and oxygen atoms in total. The Morgan fingerprint density at radius 3 is 2.87 bits per heavy atom. The summed E-state index contributed by atoms with van der Waals surface area (Å²) >= 11 is 1.87. The van der Waals surface area contributed by atoms with Gasteiger partial charge < -0.3 is 15.2 Å².